The van der Waals surface area contributed by atoms with Gasteiger partial charge < -0.3 is 25.4 Å². The zero-order valence-electron chi connectivity index (χ0n) is 19.9. The van der Waals surface area contributed by atoms with Crippen LogP contribution in [0.5, 0.6) is 5.75 Å². The van der Waals surface area contributed by atoms with Gasteiger partial charge in [-0.1, -0.05) is 54.6 Å². The molecule has 0 aliphatic heterocycles. The third-order valence-electron chi connectivity index (χ3n) is 5.30. The van der Waals surface area contributed by atoms with Gasteiger partial charge in [0.1, 0.15) is 12.3 Å². The number of esters is 1. The van der Waals surface area contributed by atoms with Crippen LogP contribution < -0.4 is 20.7 Å². The van der Waals surface area contributed by atoms with Gasteiger partial charge in [-0.15, -0.1) is 0 Å². The molecule has 186 valence electrons. The number of carbonyl (C=O) groups is 4. The largest absolute Gasteiger partial charge is 0.497 e. The van der Waals surface area contributed by atoms with Crippen molar-refractivity contribution in [2.45, 2.75) is 12.5 Å². The van der Waals surface area contributed by atoms with Gasteiger partial charge in [-0.25, -0.2) is 0 Å². The van der Waals surface area contributed by atoms with Gasteiger partial charge >= 0.3 is 17.8 Å². The first-order chi connectivity index (χ1) is 17.4. The van der Waals surface area contributed by atoms with Crippen molar-refractivity contribution in [2.24, 2.45) is 0 Å². The molecule has 0 fully saturated rings. The third-order valence-corrected chi connectivity index (χ3v) is 5.30. The molecule has 0 spiro atoms. The van der Waals surface area contributed by atoms with Gasteiger partial charge in [0.25, 0.3) is 0 Å². The van der Waals surface area contributed by atoms with Crippen molar-refractivity contribution in [3.8, 4) is 5.75 Å². The molecule has 0 saturated carbocycles. The SMILES string of the molecule is COC(=O)CNC(=O)Cc1ccc(NC(=O)C(=O)N[C@H](c2ccccc2)c2ccc(OC)cc2)cc1. The lowest BCUT2D eigenvalue weighted by molar-refractivity contribution is -0.141. The molecule has 0 aliphatic rings. The first kappa shape index (κ1) is 26.0. The standard InChI is InChI=1S/C27H27N3O6/c1-35-22-14-10-20(11-15-22)25(19-6-4-3-5-7-19)30-27(34)26(33)29-21-12-8-18(9-13-21)16-23(31)28-17-24(32)36-2/h3-15,25H,16-17H2,1-2H3,(H,28,31)(H,29,33)(H,30,34)/t25-/m1/s1. The van der Waals surface area contributed by atoms with Crippen LogP contribution in [0, 0.1) is 0 Å². The topological polar surface area (TPSA) is 123 Å². The molecule has 0 radical (unpaired) electrons. The Labute approximate surface area is 208 Å². The molecular formula is C27H27N3O6. The summed E-state index contributed by atoms with van der Waals surface area (Å²) in [6.45, 7) is -0.209. The molecule has 3 rings (SSSR count). The minimum absolute atomic E-state index is 0.0479. The summed E-state index contributed by atoms with van der Waals surface area (Å²) in [4.78, 5) is 48.4. The van der Waals surface area contributed by atoms with Crippen molar-refractivity contribution in [1.82, 2.24) is 10.6 Å². The smallest absolute Gasteiger partial charge is 0.325 e. The van der Waals surface area contributed by atoms with E-state index in [1.807, 2.05) is 42.5 Å². The van der Waals surface area contributed by atoms with Gasteiger partial charge in [0.15, 0.2) is 0 Å². The predicted molar refractivity (Wildman–Crippen MR) is 133 cm³/mol. The maximum absolute atomic E-state index is 12.8. The number of ether oxygens (including phenoxy) is 2. The number of amides is 3. The van der Waals surface area contributed by atoms with Crippen LogP contribution in [0.15, 0.2) is 78.9 Å². The summed E-state index contributed by atoms with van der Waals surface area (Å²) in [5.74, 6) is -1.83. The van der Waals surface area contributed by atoms with Crippen molar-refractivity contribution in [3.05, 3.63) is 95.6 Å². The molecule has 1 atom stereocenters. The second-order valence-electron chi connectivity index (χ2n) is 7.77. The van der Waals surface area contributed by atoms with E-state index >= 15 is 0 Å². The Hall–Kier alpha value is -4.66. The summed E-state index contributed by atoms with van der Waals surface area (Å²) in [7, 11) is 2.81. The Morgan fingerprint density at radius 2 is 1.42 bits per heavy atom. The maximum atomic E-state index is 12.8. The van der Waals surface area contributed by atoms with E-state index in [2.05, 4.69) is 20.7 Å². The quantitative estimate of drug-likeness (QED) is 0.313. The highest BCUT2D eigenvalue weighted by Crippen LogP contribution is 2.24. The van der Waals surface area contributed by atoms with Gasteiger partial charge in [0.2, 0.25) is 5.91 Å². The molecule has 3 aromatic rings. The number of nitrogens with one attached hydrogen (secondary N) is 3. The summed E-state index contributed by atoms with van der Waals surface area (Å²) in [6, 6.07) is 22.5. The van der Waals surface area contributed by atoms with E-state index < -0.39 is 23.8 Å². The van der Waals surface area contributed by atoms with Crippen LogP contribution in [0.4, 0.5) is 5.69 Å². The van der Waals surface area contributed by atoms with Crippen LogP contribution in [0.25, 0.3) is 0 Å². The van der Waals surface area contributed by atoms with Crippen LogP contribution in [-0.4, -0.2) is 44.5 Å². The van der Waals surface area contributed by atoms with Gasteiger partial charge in [-0.3, -0.25) is 19.2 Å². The van der Waals surface area contributed by atoms with Crippen LogP contribution in [0.1, 0.15) is 22.7 Å². The lowest BCUT2D eigenvalue weighted by Gasteiger charge is -2.20. The molecule has 3 N–H and O–H groups in total. The Kier molecular flexibility index (Phi) is 9.16. The molecule has 3 amide bonds. The van der Waals surface area contributed by atoms with Crippen LogP contribution in [0.3, 0.4) is 0 Å². The first-order valence-corrected chi connectivity index (χ1v) is 11.1. The number of hydrogen-bond donors (Lipinski definition) is 3. The van der Waals surface area contributed by atoms with Crippen LogP contribution in [0.2, 0.25) is 0 Å². The number of carbonyl (C=O) groups excluding carboxylic acids is 4. The van der Waals surface area contributed by atoms with Gasteiger partial charge in [-0.05, 0) is 41.0 Å². The summed E-state index contributed by atoms with van der Waals surface area (Å²) in [5.41, 5.74) is 2.68. The average Bonchev–Trinajstić information content (AvgIpc) is 2.91. The highest BCUT2D eigenvalue weighted by molar-refractivity contribution is 6.39. The van der Waals surface area contributed by atoms with Crippen molar-refractivity contribution in [3.63, 3.8) is 0 Å². The fraction of sp³-hybridized carbons (Fsp3) is 0.185. The molecular weight excluding hydrogens is 462 g/mol. The summed E-state index contributed by atoms with van der Waals surface area (Å²) in [6.07, 6.45) is 0.0479. The lowest BCUT2D eigenvalue weighted by Crippen LogP contribution is -2.38. The fourth-order valence-corrected chi connectivity index (χ4v) is 3.38. The maximum Gasteiger partial charge on any atom is 0.325 e. The minimum Gasteiger partial charge on any atom is -0.497 e. The summed E-state index contributed by atoms with van der Waals surface area (Å²) < 4.78 is 9.68. The van der Waals surface area contributed by atoms with Crippen LogP contribution >= 0.6 is 0 Å². The Morgan fingerprint density at radius 1 is 0.778 bits per heavy atom. The first-order valence-electron chi connectivity index (χ1n) is 11.1. The number of anilines is 1. The van der Waals surface area contributed by atoms with E-state index in [9.17, 15) is 19.2 Å². The van der Waals surface area contributed by atoms with Gasteiger partial charge in [-0.2, -0.15) is 0 Å². The highest BCUT2D eigenvalue weighted by atomic mass is 16.5. The minimum atomic E-state index is -0.826. The van der Waals surface area contributed by atoms with E-state index in [1.165, 1.54) is 7.11 Å². The highest BCUT2D eigenvalue weighted by Gasteiger charge is 2.21. The second-order valence-corrected chi connectivity index (χ2v) is 7.77. The van der Waals surface area contributed by atoms with Crippen molar-refractivity contribution in [2.75, 3.05) is 26.1 Å². The number of benzene rings is 3. The zero-order chi connectivity index (χ0) is 25.9. The van der Waals surface area contributed by atoms with E-state index in [-0.39, 0.29) is 18.9 Å². The molecule has 3 aromatic carbocycles. The molecule has 0 bridgehead atoms. The Balaban J connectivity index is 1.62. The van der Waals surface area contributed by atoms with Crippen molar-refractivity contribution < 1.29 is 28.7 Å². The summed E-state index contributed by atoms with van der Waals surface area (Å²) >= 11 is 0. The zero-order valence-corrected chi connectivity index (χ0v) is 19.9. The van der Waals surface area contributed by atoms with E-state index in [0.29, 0.717) is 17.0 Å². The van der Waals surface area contributed by atoms with Gasteiger partial charge in [0, 0.05) is 5.69 Å². The van der Waals surface area contributed by atoms with Crippen molar-refractivity contribution in [1.29, 1.82) is 0 Å². The number of rotatable bonds is 9. The molecule has 0 heterocycles. The number of hydrogen-bond acceptors (Lipinski definition) is 6. The van der Waals surface area contributed by atoms with Crippen LogP contribution in [-0.2, 0) is 30.3 Å². The molecule has 0 aliphatic carbocycles. The normalized spacial score (nSPS) is 11.1. The lowest BCUT2D eigenvalue weighted by atomic mass is 9.98. The summed E-state index contributed by atoms with van der Waals surface area (Å²) in [5, 5.41) is 7.81. The Morgan fingerprint density at radius 3 is 2.03 bits per heavy atom. The van der Waals surface area contributed by atoms with Crippen molar-refractivity contribution >= 4 is 29.4 Å². The monoisotopic (exact) mass is 489 g/mol. The third kappa shape index (κ3) is 7.42. The molecule has 36 heavy (non-hydrogen) atoms. The fourth-order valence-electron chi connectivity index (χ4n) is 3.38. The molecule has 0 aromatic heterocycles. The van der Waals surface area contributed by atoms with E-state index in [1.54, 1.807) is 43.5 Å². The van der Waals surface area contributed by atoms with E-state index in [0.717, 1.165) is 11.1 Å². The predicted octanol–water partition coefficient (Wildman–Crippen LogP) is 2.37. The average molecular weight is 490 g/mol. The molecule has 0 unspecified atom stereocenters. The van der Waals surface area contributed by atoms with E-state index in [4.69, 9.17) is 4.74 Å². The second kappa shape index (κ2) is 12.7. The number of methoxy groups -OCH3 is 2. The van der Waals surface area contributed by atoms with Gasteiger partial charge in [0.05, 0.1) is 26.7 Å². The molecule has 9 heteroatoms. The Bertz CT molecular complexity index is 1190. The molecule has 0 saturated heterocycles. The molecule has 9 nitrogen and oxygen atoms in total.